The summed E-state index contributed by atoms with van der Waals surface area (Å²) in [6.45, 7) is 6.04. The van der Waals surface area contributed by atoms with Crippen LogP contribution in [0, 0.1) is 20.8 Å². The van der Waals surface area contributed by atoms with Crippen molar-refractivity contribution in [2.75, 3.05) is 11.1 Å². The number of hydrogen-bond donors (Lipinski definition) is 2. The maximum Gasteiger partial charge on any atom is 0.255 e. The standard InChI is InChI=1S/C20H23N5O2S/c1-11-8-12(2)17(13(3)9-11)21-16(26)10-28-20-24-23-19-22-18(27)14-6-4-5-7-15(14)25(19)20/h8-9H,4-7,10H2,1-3H3,(H,21,26)(H,22,23,27). The Balaban J connectivity index is 1.55. The molecule has 2 heterocycles. The van der Waals surface area contributed by atoms with Gasteiger partial charge in [-0.25, -0.2) is 0 Å². The van der Waals surface area contributed by atoms with E-state index in [0.29, 0.717) is 10.9 Å². The van der Waals surface area contributed by atoms with Crippen LogP contribution in [-0.4, -0.2) is 31.2 Å². The molecular formula is C20H23N5O2S. The lowest BCUT2D eigenvalue weighted by Gasteiger charge is -2.16. The van der Waals surface area contributed by atoms with Gasteiger partial charge in [-0.3, -0.25) is 19.0 Å². The number of rotatable bonds is 4. The number of H-pyrrole nitrogens is 1. The monoisotopic (exact) mass is 397 g/mol. The van der Waals surface area contributed by atoms with E-state index in [1.54, 1.807) is 0 Å². The molecule has 0 unspecified atom stereocenters. The summed E-state index contributed by atoms with van der Waals surface area (Å²) >= 11 is 1.33. The van der Waals surface area contributed by atoms with Crippen LogP contribution in [-0.2, 0) is 17.6 Å². The van der Waals surface area contributed by atoms with Gasteiger partial charge in [-0.2, -0.15) is 0 Å². The summed E-state index contributed by atoms with van der Waals surface area (Å²) in [5.41, 5.74) is 5.86. The van der Waals surface area contributed by atoms with Gasteiger partial charge in [0.1, 0.15) is 0 Å². The Bertz CT molecular complexity index is 1110. The lowest BCUT2D eigenvalue weighted by atomic mass is 9.97. The minimum atomic E-state index is -0.0879. The Hall–Kier alpha value is -2.61. The van der Waals surface area contributed by atoms with E-state index in [0.717, 1.165) is 53.8 Å². The van der Waals surface area contributed by atoms with Gasteiger partial charge in [0.2, 0.25) is 11.7 Å². The quantitative estimate of drug-likeness (QED) is 0.661. The molecule has 0 saturated heterocycles. The van der Waals surface area contributed by atoms with E-state index in [1.165, 1.54) is 17.3 Å². The van der Waals surface area contributed by atoms with E-state index >= 15 is 0 Å². The molecule has 1 aromatic carbocycles. The summed E-state index contributed by atoms with van der Waals surface area (Å²) in [6.07, 6.45) is 3.66. The summed E-state index contributed by atoms with van der Waals surface area (Å²) in [7, 11) is 0. The molecular weight excluding hydrogens is 374 g/mol. The number of hydrogen-bond acceptors (Lipinski definition) is 5. The molecule has 0 radical (unpaired) electrons. The number of nitrogens with zero attached hydrogens (tertiary/aromatic N) is 3. The van der Waals surface area contributed by atoms with Crippen LogP contribution in [0.3, 0.4) is 0 Å². The number of carbonyl (C=O) groups excluding carboxylic acids is 1. The Kier molecular flexibility index (Phi) is 4.97. The number of thioether (sulfide) groups is 1. The van der Waals surface area contributed by atoms with Gasteiger partial charge >= 0.3 is 0 Å². The van der Waals surface area contributed by atoms with Crippen LogP contribution in [0.15, 0.2) is 22.1 Å². The van der Waals surface area contributed by atoms with Crippen LogP contribution < -0.4 is 10.9 Å². The molecule has 1 amide bonds. The number of fused-ring (bicyclic) bond motifs is 3. The first-order valence-electron chi connectivity index (χ1n) is 9.43. The van der Waals surface area contributed by atoms with E-state index < -0.39 is 0 Å². The summed E-state index contributed by atoms with van der Waals surface area (Å²) in [6, 6.07) is 4.12. The normalized spacial score (nSPS) is 13.5. The van der Waals surface area contributed by atoms with Crippen molar-refractivity contribution in [2.45, 2.75) is 51.6 Å². The number of carbonyl (C=O) groups is 1. The molecule has 8 heteroatoms. The molecule has 0 fully saturated rings. The first-order valence-corrected chi connectivity index (χ1v) is 10.4. The Morgan fingerprint density at radius 3 is 2.64 bits per heavy atom. The highest BCUT2D eigenvalue weighted by atomic mass is 32.2. The zero-order valence-corrected chi connectivity index (χ0v) is 17.1. The summed E-state index contributed by atoms with van der Waals surface area (Å²) in [4.78, 5) is 27.6. The van der Waals surface area contributed by atoms with Crippen LogP contribution >= 0.6 is 11.8 Å². The molecule has 2 N–H and O–H groups in total. The Morgan fingerprint density at radius 2 is 1.89 bits per heavy atom. The lowest BCUT2D eigenvalue weighted by Crippen LogP contribution is -2.23. The Morgan fingerprint density at radius 1 is 1.18 bits per heavy atom. The average molecular weight is 398 g/mol. The molecule has 1 aliphatic carbocycles. The third kappa shape index (κ3) is 3.44. The number of aromatic amines is 1. The fourth-order valence-electron chi connectivity index (χ4n) is 3.93. The molecule has 1 aliphatic rings. The van der Waals surface area contributed by atoms with Crippen LogP contribution in [0.2, 0.25) is 0 Å². The smallest absolute Gasteiger partial charge is 0.255 e. The van der Waals surface area contributed by atoms with Crippen LogP contribution in [0.4, 0.5) is 5.69 Å². The zero-order valence-electron chi connectivity index (χ0n) is 16.3. The largest absolute Gasteiger partial charge is 0.325 e. The van der Waals surface area contributed by atoms with Crippen molar-refractivity contribution in [3.8, 4) is 0 Å². The van der Waals surface area contributed by atoms with Gasteiger partial charge in [-0.15, -0.1) is 10.2 Å². The zero-order chi connectivity index (χ0) is 19.8. The number of amides is 1. The van der Waals surface area contributed by atoms with Gasteiger partial charge in [0.25, 0.3) is 5.56 Å². The molecule has 4 rings (SSSR count). The van der Waals surface area contributed by atoms with Gasteiger partial charge in [-0.05, 0) is 57.6 Å². The van der Waals surface area contributed by atoms with Gasteiger partial charge in [-0.1, -0.05) is 29.5 Å². The lowest BCUT2D eigenvalue weighted by molar-refractivity contribution is -0.113. The van der Waals surface area contributed by atoms with Crippen molar-refractivity contribution in [1.29, 1.82) is 0 Å². The van der Waals surface area contributed by atoms with E-state index in [4.69, 9.17) is 0 Å². The first-order chi connectivity index (χ1) is 13.4. The molecule has 0 spiro atoms. The highest BCUT2D eigenvalue weighted by Gasteiger charge is 2.21. The molecule has 2 aromatic heterocycles. The predicted octanol–water partition coefficient (Wildman–Crippen LogP) is 2.95. The molecule has 3 aromatic rings. The van der Waals surface area contributed by atoms with Gasteiger partial charge < -0.3 is 5.32 Å². The van der Waals surface area contributed by atoms with Crippen molar-refractivity contribution in [3.05, 3.63) is 50.4 Å². The van der Waals surface area contributed by atoms with E-state index in [2.05, 4.69) is 32.6 Å². The average Bonchev–Trinajstić information content (AvgIpc) is 3.06. The molecule has 0 atom stereocenters. The second kappa shape index (κ2) is 7.43. The van der Waals surface area contributed by atoms with E-state index in [9.17, 15) is 9.59 Å². The Labute approximate surface area is 167 Å². The SMILES string of the molecule is Cc1cc(C)c(NC(=O)CSc2nnc3[nH]c(=O)c4c(n23)CCCC4)c(C)c1. The second-order valence-corrected chi connectivity index (χ2v) is 8.28. The maximum absolute atomic E-state index is 12.5. The predicted molar refractivity (Wildman–Crippen MR) is 110 cm³/mol. The molecule has 0 bridgehead atoms. The summed E-state index contributed by atoms with van der Waals surface area (Å²) < 4.78 is 1.90. The fraction of sp³-hybridized carbons (Fsp3) is 0.400. The molecule has 0 saturated carbocycles. The van der Waals surface area contributed by atoms with E-state index in [-0.39, 0.29) is 17.2 Å². The number of aryl methyl sites for hydroxylation is 4. The number of nitrogens with one attached hydrogen (secondary N) is 2. The first kappa shape index (κ1) is 18.7. The minimum Gasteiger partial charge on any atom is -0.325 e. The molecule has 146 valence electrons. The van der Waals surface area contributed by atoms with Crippen LogP contribution in [0.5, 0.6) is 0 Å². The van der Waals surface area contributed by atoms with Crippen molar-refractivity contribution in [1.82, 2.24) is 19.6 Å². The molecule has 28 heavy (non-hydrogen) atoms. The van der Waals surface area contributed by atoms with Gasteiger partial charge in [0, 0.05) is 16.9 Å². The van der Waals surface area contributed by atoms with Crippen LogP contribution in [0.1, 0.15) is 40.8 Å². The molecule has 7 nitrogen and oxygen atoms in total. The van der Waals surface area contributed by atoms with Gasteiger partial charge in [0.15, 0.2) is 5.16 Å². The van der Waals surface area contributed by atoms with E-state index in [1.807, 2.05) is 25.2 Å². The highest BCUT2D eigenvalue weighted by molar-refractivity contribution is 7.99. The maximum atomic E-state index is 12.5. The second-order valence-electron chi connectivity index (χ2n) is 7.34. The minimum absolute atomic E-state index is 0.0748. The molecule has 0 aliphatic heterocycles. The van der Waals surface area contributed by atoms with Crippen LogP contribution in [0.25, 0.3) is 5.78 Å². The van der Waals surface area contributed by atoms with Gasteiger partial charge in [0.05, 0.1) is 5.75 Å². The highest BCUT2D eigenvalue weighted by Crippen LogP contribution is 2.25. The third-order valence-corrected chi connectivity index (χ3v) is 6.04. The van der Waals surface area contributed by atoms with Crippen molar-refractivity contribution < 1.29 is 4.79 Å². The van der Waals surface area contributed by atoms with Crippen molar-refractivity contribution >= 4 is 29.1 Å². The number of benzene rings is 1. The summed E-state index contributed by atoms with van der Waals surface area (Å²) in [5, 5.41) is 11.9. The fourth-order valence-corrected chi connectivity index (χ4v) is 4.68. The topological polar surface area (TPSA) is 92.2 Å². The number of anilines is 1. The van der Waals surface area contributed by atoms with Crippen molar-refractivity contribution in [3.63, 3.8) is 0 Å². The van der Waals surface area contributed by atoms with Crippen molar-refractivity contribution in [2.24, 2.45) is 0 Å². The summed E-state index contributed by atoms with van der Waals surface area (Å²) in [5.74, 6) is 0.579. The number of aromatic nitrogens is 4. The third-order valence-electron chi connectivity index (χ3n) is 5.12.